The SMILES string of the molecule is CCC(C)CC(=O)N1CCN(C(C#N)CC)CC1. The zero-order chi connectivity index (χ0) is 13.5. The van der Waals surface area contributed by atoms with Crippen LogP contribution in [0.25, 0.3) is 0 Å². The third-order valence-corrected chi connectivity index (χ3v) is 3.86. The number of carbonyl (C=O) groups excluding carboxylic acids is 1. The molecule has 0 aromatic rings. The van der Waals surface area contributed by atoms with E-state index in [4.69, 9.17) is 5.26 Å². The molecule has 1 rings (SSSR count). The Labute approximate surface area is 111 Å². The molecule has 102 valence electrons. The molecule has 0 N–H and O–H groups in total. The maximum Gasteiger partial charge on any atom is 0.222 e. The van der Waals surface area contributed by atoms with E-state index in [9.17, 15) is 4.79 Å². The average Bonchev–Trinajstić information content (AvgIpc) is 2.40. The standard InChI is InChI=1S/C14H25N3O/c1-4-12(3)10-14(18)17-8-6-16(7-9-17)13(5-2)11-15/h12-13H,4-10H2,1-3H3. The summed E-state index contributed by atoms with van der Waals surface area (Å²) in [6, 6.07) is 2.34. The minimum Gasteiger partial charge on any atom is -0.340 e. The molecule has 0 radical (unpaired) electrons. The lowest BCUT2D eigenvalue weighted by molar-refractivity contribution is -0.134. The van der Waals surface area contributed by atoms with Crippen LogP contribution in [0, 0.1) is 17.2 Å². The second kappa shape index (κ2) is 7.38. The van der Waals surface area contributed by atoms with Crippen LogP contribution in [0.4, 0.5) is 0 Å². The molecule has 1 aliphatic rings. The van der Waals surface area contributed by atoms with Gasteiger partial charge in [0.1, 0.15) is 0 Å². The van der Waals surface area contributed by atoms with Crippen molar-refractivity contribution in [1.29, 1.82) is 5.26 Å². The first kappa shape index (κ1) is 15.0. The van der Waals surface area contributed by atoms with Crippen molar-refractivity contribution in [2.75, 3.05) is 26.2 Å². The largest absolute Gasteiger partial charge is 0.340 e. The predicted octanol–water partition coefficient (Wildman–Crippen LogP) is 1.87. The van der Waals surface area contributed by atoms with Crippen molar-refractivity contribution < 1.29 is 4.79 Å². The summed E-state index contributed by atoms with van der Waals surface area (Å²) in [5, 5.41) is 9.03. The molecule has 2 atom stereocenters. The zero-order valence-electron chi connectivity index (χ0n) is 11.9. The van der Waals surface area contributed by atoms with Gasteiger partial charge in [-0.3, -0.25) is 9.69 Å². The van der Waals surface area contributed by atoms with Gasteiger partial charge in [-0.2, -0.15) is 5.26 Å². The van der Waals surface area contributed by atoms with Gasteiger partial charge in [0.25, 0.3) is 0 Å². The van der Waals surface area contributed by atoms with Crippen LogP contribution in [0.15, 0.2) is 0 Å². The first-order chi connectivity index (χ1) is 8.62. The van der Waals surface area contributed by atoms with Gasteiger partial charge in [-0.15, -0.1) is 0 Å². The van der Waals surface area contributed by atoms with Gasteiger partial charge in [-0.25, -0.2) is 0 Å². The van der Waals surface area contributed by atoms with Gasteiger partial charge >= 0.3 is 0 Å². The highest BCUT2D eigenvalue weighted by Gasteiger charge is 2.25. The minimum absolute atomic E-state index is 0.0109. The van der Waals surface area contributed by atoms with E-state index in [-0.39, 0.29) is 11.9 Å². The monoisotopic (exact) mass is 251 g/mol. The summed E-state index contributed by atoms with van der Waals surface area (Å²) in [5.74, 6) is 0.743. The maximum absolute atomic E-state index is 12.0. The van der Waals surface area contributed by atoms with Crippen LogP contribution in [0.1, 0.15) is 40.0 Å². The number of carbonyl (C=O) groups is 1. The minimum atomic E-state index is 0.0109. The van der Waals surface area contributed by atoms with Crippen LogP contribution in [0.3, 0.4) is 0 Å². The van der Waals surface area contributed by atoms with Crippen molar-refractivity contribution in [2.24, 2.45) is 5.92 Å². The number of nitriles is 1. The third-order valence-electron chi connectivity index (χ3n) is 3.86. The Bertz CT molecular complexity index is 303. The Balaban J connectivity index is 2.39. The lowest BCUT2D eigenvalue weighted by Crippen LogP contribution is -2.51. The molecule has 1 amide bonds. The van der Waals surface area contributed by atoms with Gasteiger partial charge in [0.15, 0.2) is 0 Å². The molecule has 0 bridgehead atoms. The highest BCUT2D eigenvalue weighted by atomic mass is 16.2. The van der Waals surface area contributed by atoms with Crippen LogP contribution in [-0.4, -0.2) is 47.9 Å². The molecule has 1 saturated heterocycles. The molecule has 0 aromatic carbocycles. The van der Waals surface area contributed by atoms with Gasteiger partial charge in [-0.1, -0.05) is 27.2 Å². The molecule has 1 heterocycles. The van der Waals surface area contributed by atoms with Crippen LogP contribution in [0.2, 0.25) is 0 Å². The molecule has 0 saturated carbocycles. The fourth-order valence-corrected chi connectivity index (χ4v) is 2.29. The lowest BCUT2D eigenvalue weighted by Gasteiger charge is -2.37. The summed E-state index contributed by atoms with van der Waals surface area (Å²) in [7, 11) is 0. The molecule has 18 heavy (non-hydrogen) atoms. The topological polar surface area (TPSA) is 47.3 Å². The van der Waals surface area contributed by atoms with Gasteiger partial charge in [0, 0.05) is 32.6 Å². The van der Waals surface area contributed by atoms with Crippen LogP contribution in [-0.2, 0) is 4.79 Å². The zero-order valence-corrected chi connectivity index (χ0v) is 11.9. The number of rotatable bonds is 5. The molecular weight excluding hydrogens is 226 g/mol. The number of nitrogens with zero attached hydrogens (tertiary/aromatic N) is 3. The first-order valence-electron chi connectivity index (χ1n) is 7.03. The molecule has 1 aliphatic heterocycles. The van der Waals surface area contributed by atoms with Crippen LogP contribution >= 0.6 is 0 Å². The molecular formula is C14H25N3O. The van der Waals surface area contributed by atoms with Crippen molar-refractivity contribution in [2.45, 2.75) is 46.1 Å². The van der Waals surface area contributed by atoms with E-state index in [1.807, 2.05) is 11.8 Å². The molecule has 4 heteroatoms. The summed E-state index contributed by atoms with van der Waals surface area (Å²) >= 11 is 0. The lowest BCUT2D eigenvalue weighted by atomic mass is 10.0. The highest BCUT2D eigenvalue weighted by Crippen LogP contribution is 2.13. The summed E-state index contributed by atoms with van der Waals surface area (Å²) < 4.78 is 0. The normalized spacial score (nSPS) is 20.2. The quantitative estimate of drug-likeness (QED) is 0.749. The summed E-state index contributed by atoms with van der Waals surface area (Å²) in [4.78, 5) is 16.2. The van der Waals surface area contributed by atoms with E-state index in [1.54, 1.807) is 0 Å². The number of piperazine rings is 1. The summed E-state index contributed by atoms with van der Waals surface area (Å²) in [5.41, 5.74) is 0. The predicted molar refractivity (Wildman–Crippen MR) is 71.9 cm³/mol. The van der Waals surface area contributed by atoms with Crippen molar-refractivity contribution >= 4 is 5.91 Å². The molecule has 4 nitrogen and oxygen atoms in total. The van der Waals surface area contributed by atoms with Gasteiger partial charge in [0.2, 0.25) is 5.91 Å². The smallest absolute Gasteiger partial charge is 0.222 e. The molecule has 0 spiro atoms. The fraction of sp³-hybridized carbons (Fsp3) is 0.857. The van der Waals surface area contributed by atoms with Gasteiger partial charge in [0.05, 0.1) is 12.1 Å². The van der Waals surface area contributed by atoms with Crippen molar-refractivity contribution in [3.63, 3.8) is 0 Å². The van der Waals surface area contributed by atoms with E-state index in [0.717, 1.165) is 39.0 Å². The second-order valence-electron chi connectivity index (χ2n) is 5.19. The van der Waals surface area contributed by atoms with E-state index >= 15 is 0 Å². The second-order valence-corrected chi connectivity index (χ2v) is 5.19. The van der Waals surface area contributed by atoms with E-state index in [0.29, 0.717) is 12.3 Å². The Morgan fingerprint density at radius 1 is 1.22 bits per heavy atom. The van der Waals surface area contributed by atoms with E-state index < -0.39 is 0 Å². The van der Waals surface area contributed by atoms with Gasteiger partial charge < -0.3 is 4.90 Å². The fourth-order valence-electron chi connectivity index (χ4n) is 2.29. The Kier molecular flexibility index (Phi) is 6.14. The molecule has 2 unspecified atom stereocenters. The Morgan fingerprint density at radius 3 is 2.28 bits per heavy atom. The number of hydrogen-bond donors (Lipinski definition) is 0. The van der Waals surface area contributed by atoms with Crippen molar-refractivity contribution in [3.05, 3.63) is 0 Å². The summed E-state index contributed by atoms with van der Waals surface area (Å²) in [6.07, 6.45) is 2.57. The summed E-state index contributed by atoms with van der Waals surface area (Å²) in [6.45, 7) is 9.48. The van der Waals surface area contributed by atoms with Crippen molar-refractivity contribution in [3.8, 4) is 6.07 Å². The maximum atomic E-state index is 12.0. The van der Waals surface area contributed by atoms with E-state index in [1.165, 1.54) is 0 Å². The Morgan fingerprint density at radius 2 is 1.83 bits per heavy atom. The Hall–Kier alpha value is -1.08. The number of amides is 1. The van der Waals surface area contributed by atoms with E-state index in [2.05, 4.69) is 24.8 Å². The molecule has 0 aliphatic carbocycles. The molecule has 1 fully saturated rings. The van der Waals surface area contributed by atoms with Crippen molar-refractivity contribution in [1.82, 2.24) is 9.80 Å². The van der Waals surface area contributed by atoms with Crippen LogP contribution < -0.4 is 0 Å². The number of hydrogen-bond acceptors (Lipinski definition) is 3. The van der Waals surface area contributed by atoms with Gasteiger partial charge in [-0.05, 0) is 12.3 Å². The average molecular weight is 251 g/mol. The molecule has 0 aromatic heterocycles. The van der Waals surface area contributed by atoms with Crippen LogP contribution in [0.5, 0.6) is 0 Å². The first-order valence-corrected chi connectivity index (χ1v) is 7.03. The third kappa shape index (κ3) is 3.99. The highest BCUT2D eigenvalue weighted by molar-refractivity contribution is 5.76.